The van der Waals surface area contributed by atoms with Crippen LogP contribution in [0.25, 0.3) is 5.52 Å². The second-order valence-electron chi connectivity index (χ2n) is 5.14. The molecular formula is C14H19N3. The van der Waals surface area contributed by atoms with E-state index in [1.54, 1.807) is 0 Å². The summed E-state index contributed by atoms with van der Waals surface area (Å²) in [5.41, 5.74) is 2.56. The van der Waals surface area contributed by atoms with E-state index in [1.165, 1.54) is 42.8 Å². The molecule has 0 unspecified atom stereocenters. The Labute approximate surface area is 102 Å². The molecule has 0 saturated carbocycles. The predicted octanol–water partition coefficient (Wildman–Crippen LogP) is 2.45. The van der Waals surface area contributed by atoms with Gasteiger partial charge in [0.05, 0.1) is 11.7 Å². The highest BCUT2D eigenvalue weighted by molar-refractivity contribution is 5.53. The van der Waals surface area contributed by atoms with Crippen LogP contribution >= 0.6 is 0 Å². The molecule has 2 aromatic heterocycles. The zero-order valence-corrected chi connectivity index (χ0v) is 10.6. The molecule has 0 aliphatic carbocycles. The third-order valence-corrected chi connectivity index (χ3v) is 3.89. The van der Waals surface area contributed by atoms with Gasteiger partial charge in [-0.1, -0.05) is 6.07 Å². The first-order valence-corrected chi connectivity index (χ1v) is 6.37. The van der Waals surface area contributed by atoms with Crippen LogP contribution in [0, 0.1) is 6.92 Å². The van der Waals surface area contributed by atoms with Gasteiger partial charge >= 0.3 is 0 Å². The van der Waals surface area contributed by atoms with Crippen molar-refractivity contribution in [3.8, 4) is 0 Å². The van der Waals surface area contributed by atoms with Crippen LogP contribution in [-0.2, 0) is 0 Å². The summed E-state index contributed by atoms with van der Waals surface area (Å²) < 4.78 is 2.27. The smallest absolute Gasteiger partial charge is 0.116 e. The van der Waals surface area contributed by atoms with Crippen LogP contribution < -0.4 is 0 Å². The Kier molecular flexibility index (Phi) is 2.63. The summed E-state index contributed by atoms with van der Waals surface area (Å²) in [6.45, 7) is 4.52. The number of fused-ring (bicyclic) bond motifs is 1. The molecule has 3 heterocycles. The van der Waals surface area contributed by atoms with E-state index in [9.17, 15) is 0 Å². The lowest BCUT2D eigenvalue weighted by Crippen LogP contribution is -2.29. The summed E-state index contributed by atoms with van der Waals surface area (Å²) >= 11 is 0. The first kappa shape index (κ1) is 10.8. The number of aryl methyl sites for hydroxylation is 1. The van der Waals surface area contributed by atoms with Crippen LogP contribution in [-0.4, -0.2) is 34.4 Å². The van der Waals surface area contributed by atoms with Crippen molar-refractivity contribution in [3.05, 3.63) is 35.9 Å². The molecule has 1 saturated heterocycles. The second-order valence-corrected chi connectivity index (χ2v) is 5.14. The molecule has 17 heavy (non-hydrogen) atoms. The average molecular weight is 229 g/mol. The van der Waals surface area contributed by atoms with Crippen molar-refractivity contribution in [1.82, 2.24) is 14.3 Å². The number of imidazole rings is 1. The lowest BCUT2D eigenvalue weighted by Gasteiger charge is -2.28. The van der Waals surface area contributed by atoms with E-state index in [1.807, 2.05) is 6.20 Å². The first-order valence-electron chi connectivity index (χ1n) is 6.37. The van der Waals surface area contributed by atoms with Gasteiger partial charge in [0.2, 0.25) is 0 Å². The Hall–Kier alpha value is -1.35. The third-order valence-electron chi connectivity index (χ3n) is 3.89. The lowest BCUT2D eigenvalue weighted by atomic mass is 9.96. The van der Waals surface area contributed by atoms with Gasteiger partial charge in [-0.15, -0.1) is 0 Å². The zero-order valence-electron chi connectivity index (χ0n) is 10.6. The summed E-state index contributed by atoms with van der Waals surface area (Å²) in [4.78, 5) is 7.05. The molecule has 90 valence electrons. The predicted molar refractivity (Wildman–Crippen MR) is 69.4 cm³/mol. The van der Waals surface area contributed by atoms with Crippen LogP contribution in [0.5, 0.6) is 0 Å². The van der Waals surface area contributed by atoms with Gasteiger partial charge in [0.25, 0.3) is 0 Å². The number of hydrogen-bond donors (Lipinski definition) is 0. The molecule has 0 atom stereocenters. The number of nitrogens with zero attached hydrogens (tertiary/aromatic N) is 3. The van der Waals surface area contributed by atoms with E-state index in [0.717, 1.165) is 0 Å². The van der Waals surface area contributed by atoms with Gasteiger partial charge in [0.15, 0.2) is 0 Å². The molecule has 0 radical (unpaired) electrons. The fourth-order valence-electron chi connectivity index (χ4n) is 2.75. The van der Waals surface area contributed by atoms with E-state index in [4.69, 9.17) is 0 Å². The maximum absolute atomic E-state index is 4.65. The van der Waals surface area contributed by atoms with Gasteiger partial charge in [-0.05, 0) is 51.5 Å². The van der Waals surface area contributed by atoms with Crippen LogP contribution in [0.4, 0.5) is 0 Å². The van der Waals surface area contributed by atoms with Gasteiger partial charge in [0.1, 0.15) is 5.82 Å². The summed E-state index contributed by atoms with van der Waals surface area (Å²) in [5.74, 6) is 1.87. The fraction of sp³-hybridized carbons (Fsp3) is 0.500. The molecule has 0 bridgehead atoms. The van der Waals surface area contributed by atoms with Crippen LogP contribution in [0.1, 0.15) is 30.1 Å². The van der Waals surface area contributed by atoms with E-state index in [2.05, 4.69) is 46.6 Å². The summed E-state index contributed by atoms with van der Waals surface area (Å²) in [7, 11) is 2.20. The van der Waals surface area contributed by atoms with Gasteiger partial charge in [-0.2, -0.15) is 0 Å². The highest BCUT2D eigenvalue weighted by Crippen LogP contribution is 2.27. The Morgan fingerprint density at radius 1 is 1.29 bits per heavy atom. The standard InChI is InChI=1S/C14H19N3/c1-11-4-3-7-17-13(11)10-15-14(17)12-5-8-16(2)9-6-12/h3-4,7,10,12H,5-6,8-9H2,1-2H3. The molecule has 0 N–H and O–H groups in total. The molecule has 1 fully saturated rings. The van der Waals surface area contributed by atoms with Gasteiger partial charge < -0.3 is 9.30 Å². The van der Waals surface area contributed by atoms with Crippen LogP contribution in [0.3, 0.4) is 0 Å². The van der Waals surface area contributed by atoms with Crippen molar-refractivity contribution >= 4 is 5.52 Å². The maximum Gasteiger partial charge on any atom is 0.116 e. The molecule has 3 nitrogen and oxygen atoms in total. The van der Waals surface area contributed by atoms with Crippen molar-refractivity contribution < 1.29 is 0 Å². The summed E-state index contributed by atoms with van der Waals surface area (Å²) in [5, 5.41) is 0. The van der Waals surface area contributed by atoms with Gasteiger partial charge in [-0.3, -0.25) is 0 Å². The largest absolute Gasteiger partial charge is 0.306 e. The van der Waals surface area contributed by atoms with Crippen LogP contribution in [0.15, 0.2) is 24.5 Å². The topological polar surface area (TPSA) is 20.5 Å². The zero-order chi connectivity index (χ0) is 11.8. The highest BCUT2D eigenvalue weighted by atomic mass is 15.1. The minimum Gasteiger partial charge on any atom is -0.306 e. The van der Waals surface area contributed by atoms with Crippen LogP contribution in [0.2, 0.25) is 0 Å². The van der Waals surface area contributed by atoms with E-state index < -0.39 is 0 Å². The minimum atomic E-state index is 0.621. The third kappa shape index (κ3) is 1.84. The van der Waals surface area contributed by atoms with Gasteiger partial charge in [0, 0.05) is 12.1 Å². The Morgan fingerprint density at radius 3 is 2.82 bits per heavy atom. The monoisotopic (exact) mass is 229 g/mol. The van der Waals surface area contributed by atoms with Crippen molar-refractivity contribution in [3.63, 3.8) is 0 Å². The summed E-state index contributed by atoms with van der Waals surface area (Å²) in [6.07, 6.45) is 6.61. The first-order chi connectivity index (χ1) is 8.25. The molecule has 3 rings (SSSR count). The molecule has 1 aliphatic heterocycles. The molecule has 3 heteroatoms. The van der Waals surface area contributed by atoms with Crippen molar-refractivity contribution in [2.24, 2.45) is 0 Å². The normalized spacial score (nSPS) is 18.9. The Balaban J connectivity index is 1.98. The molecule has 0 spiro atoms. The molecule has 0 aromatic carbocycles. The van der Waals surface area contributed by atoms with E-state index in [-0.39, 0.29) is 0 Å². The number of aromatic nitrogens is 2. The Bertz CT molecular complexity index is 521. The minimum absolute atomic E-state index is 0.621. The van der Waals surface area contributed by atoms with Crippen molar-refractivity contribution in [1.29, 1.82) is 0 Å². The molecule has 0 amide bonds. The maximum atomic E-state index is 4.65. The molecule has 2 aromatic rings. The van der Waals surface area contributed by atoms with Crippen molar-refractivity contribution in [2.75, 3.05) is 20.1 Å². The molecule has 1 aliphatic rings. The molecular weight excluding hydrogens is 210 g/mol. The average Bonchev–Trinajstić information content (AvgIpc) is 2.75. The number of rotatable bonds is 1. The SMILES string of the molecule is Cc1cccn2c(C3CCN(C)CC3)ncc12. The quantitative estimate of drug-likeness (QED) is 0.748. The number of pyridine rings is 1. The summed E-state index contributed by atoms with van der Waals surface area (Å²) in [6, 6.07) is 4.26. The van der Waals surface area contributed by atoms with E-state index >= 15 is 0 Å². The lowest BCUT2D eigenvalue weighted by molar-refractivity contribution is 0.251. The highest BCUT2D eigenvalue weighted by Gasteiger charge is 2.22. The number of hydrogen-bond acceptors (Lipinski definition) is 2. The van der Waals surface area contributed by atoms with Gasteiger partial charge in [-0.25, -0.2) is 4.98 Å². The van der Waals surface area contributed by atoms with Crippen molar-refractivity contribution in [2.45, 2.75) is 25.7 Å². The second kappa shape index (κ2) is 4.15. The van der Waals surface area contributed by atoms with E-state index in [0.29, 0.717) is 5.92 Å². The Morgan fingerprint density at radius 2 is 2.06 bits per heavy atom. The number of piperidine rings is 1. The fourth-order valence-corrected chi connectivity index (χ4v) is 2.75. The number of likely N-dealkylation sites (tertiary alicyclic amines) is 1.